The van der Waals surface area contributed by atoms with E-state index in [9.17, 15) is 0 Å². The molecule has 1 aliphatic rings. The van der Waals surface area contributed by atoms with Gasteiger partial charge >= 0.3 is 0 Å². The Labute approximate surface area is 111 Å². The first-order valence-corrected chi connectivity index (χ1v) is 6.61. The van der Waals surface area contributed by atoms with Crippen LogP contribution in [0.25, 0.3) is 0 Å². The van der Waals surface area contributed by atoms with Crippen LogP contribution in [0.3, 0.4) is 0 Å². The van der Waals surface area contributed by atoms with Crippen LogP contribution in [0.15, 0.2) is 0 Å². The molecule has 0 aromatic carbocycles. The highest BCUT2D eigenvalue weighted by atomic mass is 35.5. The number of anilines is 1. The van der Waals surface area contributed by atoms with Crippen LogP contribution in [0.2, 0.25) is 10.6 Å². The van der Waals surface area contributed by atoms with E-state index in [1.165, 1.54) is 25.7 Å². The number of hydrogen-bond donors (Lipinski definition) is 0. The smallest absolute Gasteiger partial charge is 0.230 e. The summed E-state index contributed by atoms with van der Waals surface area (Å²) >= 11 is 11.6. The van der Waals surface area contributed by atoms with Crippen molar-refractivity contribution in [2.75, 3.05) is 11.9 Å². The Bertz CT molecular complexity index is 371. The Morgan fingerprint density at radius 1 is 1.00 bits per heavy atom. The van der Waals surface area contributed by atoms with E-state index in [1.807, 2.05) is 7.05 Å². The molecule has 0 aliphatic heterocycles. The number of rotatable bonds is 2. The van der Waals surface area contributed by atoms with Gasteiger partial charge < -0.3 is 4.90 Å². The maximum atomic E-state index is 5.78. The Morgan fingerprint density at radius 2 is 1.53 bits per heavy atom. The number of hydrogen-bond acceptors (Lipinski definition) is 4. The predicted molar refractivity (Wildman–Crippen MR) is 69.7 cm³/mol. The third-order valence-corrected chi connectivity index (χ3v) is 3.76. The second kappa shape index (κ2) is 5.36. The minimum absolute atomic E-state index is 0.149. The maximum absolute atomic E-state index is 5.78. The first kappa shape index (κ1) is 12.8. The van der Waals surface area contributed by atoms with Crippen molar-refractivity contribution in [3.63, 3.8) is 0 Å². The monoisotopic (exact) mass is 274 g/mol. The van der Waals surface area contributed by atoms with Crippen molar-refractivity contribution >= 4 is 29.2 Å². The quantitative estimate of drug-likeness (QED) is 0.831. The van der Waals surface area contributed by atoms with Crippen molar-refractivity contribution in [3.05, 3.63) is 10.6 Å². The van der Waals surface area contributed by atoms with Crippen molar-refractivity contribution in [2.45, 2.75) is 38.6 Å². The van der Waals surface area contributed by atoms with Crippen LogP contribution in [-0.2, 0) is 0 Å². The van der Waals surface area contributed by atoms with Gasteiger partial charge in [-0.15, -0.1) is 0 Å². The van der Waals surface area contributed by atoms with Crippen molar-refractivity contribution in [1.29, 1.82) is 0 Å². The summed E-state index contributed by atoms with van der Waals surface area (Å²) in [6.45, 7) is 2.30. The van der Waals surface area contributed by atoms with Gasteiger partial charge in [0.05, 0.1) is 0 Å². The molecule has 1 fully saturated rings. The lowest BCUT2D eigenvalue weighted by Gasteiger charge is -2.33. The van der Waals surface area contributed by atoms with Crippen LogP contribution in [0, 0.1) is 5.92 Å². The van der Waals surface area contributed by atoms with Crippen molar-refractivity contribution in [3.8, 4) is 0 Å². The normalized spacial score (nSPS) is 24.7. The molecular weight excluding hydrogens is 259 g/mol. The van der Waals surface area contributed by atoms with Gasteiger partial charge in [-0.1, -0.05) is 6.92 Å². The molecule has 0 bridgehead atoms. The van der Waals surface area contributed by atoms with Gasteiger partial charge in [0.2, 0.25) is 16.5 Å². The van der Waals surface area contributed by atoms with E-state index in [2.05, 4.69) is 26.8 Å². The Morgan fingerprint density at radius 3 is 2.06 bits per heavy atom. The topological polar surface area (TPSA) is 41.9 Å². The van der Waals surface area contributed by atoms with Crippen LogP contribution in [-0.4, -0.2) is 28.0 Å². The maximum Gasteiger partial charge on any atom is 0.230 e. The van der Waals surface area contributed by atoms with E-state index in [4.69, 9.17) is 23.2 Å². The van der Waals surface area contributed by atoms with Crippen LogP contribution in [0.4, 0.5) is 5.95 Å². The Kier molecular flexibility index (Phi) is 4.05. The molecule has 0 N–H and O–H groups in total. The lowest BCUT2D eigenvalue weighted by molar-refractivity contribution is 0.339. The van der Waals surface area contributed by atoms with Gasteiger partial charge in [0.1, 0.15) is 0 Å². The fraction of sp³-hybridized carbons (Fsp3) is 0.727. The molecule has 0 unspecified atom stereocenters. The molecule has 1 heterocycles. The molecular formula is C11H16Cl2N4. The minimum atomic E-state index is 0.149. The zero-order valence-corrected chi connectivity index (χ0v) is 11.5. The molecule has 1 aromatic heterocycles. The highest BCUT2D eigenvalue weighted by Crippen LogP contribution is 2.28. The molecule has 0 amide bonds. The average Bonchev–Trinajstić information content (AvgIpc) is 2.28. The fourth-order valence-corrected chi connectivity index (χ4v) is 2.62. The number of nitrogens with zero attached hydrogens (tertiary/aromatic N) is 4. The van der Waals surface area contributed by atoms with Gasteiger partial charge in [0.25, 0.3) is 0 Å². The average molecular weight is 275 g/mol. The third kappa shape index (κ3) is 3.19. The summed E-state index contributed by atoms with van der Waals surface area (Å²) in [5.41, 5.74) is 0. The highest BCUT2D eigenvalue weighted by Gasteiger charge is 2.23. The summed E-state index contributed by atoms with van der Waals surface area (Å²) in [4.78, 5) is 14.0. The fourth-order valence-electron chi connectivity index (χ4n) is 2.27. The molecule has 1 aliphatic carbocycles. The van der Waals surface area contributed by atoms with Crippen LogP contribution >= 0.6 is 23.2 Å². The minimum Gasteiger partial charge on any atom is -0.341 e. The molecule has 94 valence electrons. The van der Waals surface area contributed by atoms with Crippen molar-refractivity contribution < 1.29 is 0 Å². The molecule has 1 aromatic rings. The Balaban J connectivity index is 2.10. The van der Waals surface area contributed by atoms with E-state index in [0.717, 1.165) is 5.92 Å². The summed E-state index contributed by atoms with van der Waals surface area (Å²) in [6, 6.07) is 0.473. The summed E-state index contributed by atoms with van der Waals surface area (Å²) in [5, 5.41) is 0.298. The lowest BCUT2D eigenvalue weighted by Crippen LogP contribution is -2.36. The second-order valence-corrected chi connectivity index (χ2v) is 5.37. The number of aromatic nitrogens is 3. The lowest BCUT2D eigenvalue weighted by atomic mass is 9.87. The molecule has 2 rings (SSSR count). The van der Waals surface area contributed by atoms with E-state index in [-0.39, 0.29) is 10.6 Å². The molecule has 4 nitrogen and oxygen atoms in total. The van der Waals surface area contributed by atoms with Gasteiger partial charge in [-0.3, -0.25) is 0 Å². The summed E-state index contributed by atoms with van der Waals surface area (Å²) in [7, 11) is 1.99. The summed E-state index contributed by atoms with van der Waals surface area (Å²) in [6.07, 6.45) is 4.83. The van der Waals surface area contributed by atoms with Gasteiger partial charge in [-0.05, 0) is 54.8 Å². The molecule has 0 saturated heterocycles. The highest BCUT2D eigenvalue weighted by molar-refractivity contribution is 6.31. The van der Waals surface area contributed by atoms with Gasteiger partial charge in [-0.25, -0.2) is 0 Å². The van der Waals surface area contributed by atoms with E-state index in [1.54, 1.807) is 0 Å². The number of halogens is 2. The zero-order valence-electron chi connectivity index (χ0n) is 10.0. The van der Waals surface area contributed by atoms with E-state index >= 15 is 0 Å². The SMILES string of the molecule is CC1CCC(N(C)c2nc(Cl)nc(Cl)n2)CC1. The second-order valence-electron chi connectivity index (χ2n) is 4.70. The molecule has 6 heteroatoms. The molecule has 0 spiro atoms. The standard InChI is InChI=1S/C11H16Cl2N4/c1-7-3-5-8(6-4-7)17(2)11-15-9(12)14-10(13)16-11/h7-8H,3-6H2,1-2H3. The van der Waals surface area contributed by atoms with Crippen molar-refractivity contribution in [2.24, 2.45) is 5.92 Å². The van der Waals surface area contributed by atoms with Crippen LogP contribution in [0.1, 0.15) is 32.6 Å². The summed E-state index contributed by atoms with van der Waals surface area (Å²) < 4.78 is 0. The molecule has 0 atom stereocenters. The first-order valence-electron chi connectivity index (χ1n) is 5.86. The predicted octanol–water partition coefficient (Wildman–Crippen LogP) is 3.19. The summed E-state index contributed by atoms with van der Waals surface area (Å²) in [5.74, 6) is 1.39. The molecule has 17 heavy (non-hydrogen) atoms. The molecule has 0 radical (unpaired) electrons. The third-order valence-electron chi connectivity index (χ3n) is 3.42. The van der Waals surface area contributed by atoms with E-state index in [0.29, 0.717) is 12.0 Å². The van der Waals surface area contributed by atoms with Crippen molar-refractivity contribution in [1.82, 2.24) is 15.0 Å². The van der Waals surface area contributed by atoms with E-state index < -0.39 is 0 Å². The van der Waals surface area contributed by atoms with Crippen LogP contribution < -0.4 is 4.90 Å². The van der Waals surface area contributed by atoms with Crippen LogP contribution in [0.5, 0.6) is 0 Å². The zero-order chi connectivity index (χ0) is 12.4. The van der Waals surface area contributed by atoms with Gasteiger partial charge in [0.15, 0.2) is 0 Å². The molecule has 1 saturated carbocycles. The first-order chi connectivity index (χ1) is 8.06. The Hall–Kier alpha value is -0.610. The van der Waals surface area contributed by atoms with Gasteiger partial charge in [-0.2, -0.15) is 15.0 Å². The largest absolute Gasteiger partial charge is 0.341 e. The van der Waals surface area contributed by atoms with Gasteiger partial charge in [0, 0.05) is 13.1 Å².